The highest BCUT2D eigenvalue weighted by Gasteiger charge is 2.25. The van der Waals surface area contributed by atoms with Crippen LogP contribution in [0.15, 0.2) is 133 Å². The van der Waals surface area contributed by atoms with E-state index < -0.39 is 35.8 Å². The minimum atomic E-state index is -1.33. The Morgan fingerprint density at radius 3 is 1.59 bits per heavy atom. The standard InChI is InChI=1S/C47H40N2O10/c1-28-21-32(13-17-36(28)42(49-57)39-24-34(15-18-37(39)44(51)52)46(55)58-26-30-9-5-3-6-10-30)23-33-14-20-41(29(2)22-33)48-43(50)40-25-35(16-19-38(40)45(53)54)47(56)59-27-31-11-7-4-8-12-31/h3-22,24-25,42,49,57H,23,26-27H2,1-2H3,(H,48,50)(H,51,52)(H,53,54). The van der Waals surface area contributed by atoms with Crippen LogP contribution >= 0.6 is 0 Å². The average molecular weight is 793 g/mol. The van der Waals surface area contributed by atoms with Crippen molar-refractivity contribution < 1.29 is 48.9 Å². The Balaban J connectivity index is 1.16. The molecule has 0 bridgehead atoms. The van der Waals surface area contributed by atoms with Crippen LogP contribution in [0.25, 0.3) is 0 Å². The molecule has 1 amide bonds. The topological polar surface area (TPSA) is 189 Å². The van der Waals surface area contributed by atoms with Crippen molar-refractivity contribution in [1.29, 1.82) is 0 Å². The van der Waals surface area contributed by atoms with Gasteiger partial charge in [-0.3, -0.25) is 4.79 Å². The lowest BCUT2D eigenvalue weighted by molar-refractivity contribution is 0.0463. The van der Waals surface area contributed by atoms with Crippen molar-refractivity contribution in [3.05, 3.63) is 206 Å². The summed E-state index contributed by atoms with van der Waals surface area (Å²) in [5.74, 6) is -4.63. The Morgan fingerprint density at radius 1 is 0.542 bits per heavy atom. The minimum absolute atomic E-state index is 0.00911. The van der Waals surface area contributed by atoms with Crippen LogP contribution in [0.5, 0.6) is 0 Å². The summed E-state index contributed by atoms with van der Waals surface area (Å²) in [6.07, 6.45) is 0.479. The van der Waals surface area contributed by atoms with Crippen LogP contribution in [0.2, 0.25) is 0 Å². The summed E-state index contributed by atoms with van der Waals surface area (Å²) in [7, 11) is 0. The van der Waals surface area contributed by atoms with E-state index in [-0.39, 0.29) is 46.6 Å². The number of carboxylic acids is 2. The molecule has 0 radical (unpaired) electrons. The third-order valence-corrected chi connectivity index (χ3v) is 9.71. The number of hydrogen-bond acceptors (Lipinski definition) is 9. The molecule has 6 aromatic rings. The van der Waals surface area contributed by atoms with Crippen LogP contribution < -0.4 is 10.8 Å². The number of benzene rings is 6. The molecule has 0 aliphatic rings. The zero-order valence-corrected chi connectivity index (χ0v) is 32.1. The fourth-order valence-electron chi connectivity index (χ4n) is 6.66. The molecule has 1 unspecified atom stereocenters. The highest BCUT2D eigenvalue weighted by molar-refractivity contribution is 6.12. The van der Waals surface area contributed by atoms with Crippen molar-refractivity contribution in [1.82, 2.24) is 5.48 Å². The van der Waals surface area contributed by atoms with Crippen LogP contribution in [0.1, 0.15) is 102 Å². The number of esters is 2. The zero-order chi connectivity index (χ0) is 42.1. The fourth-order valence-corrected chi connectivity index (χ4v) is 6.66. The highest BCUT2D eigenvalue weighted by atomic mass is 16.5. The molecule has 6 aromatic carbocycles. The second-order valence-electron chi connectivity index (χ2n) is 13.8. The number of hydroxylamine groups is 1. The lowest BCUT2D eigenvalue weighted by Crippen LogP contribution is -2.23. The normalized spacial score (nSPS) is 11.3. The number of anilines is 1. The predicted molar refractivity (Wildman–Crippen MR) is 218 cm³/mol. The highest BCUT2D eigenvalue weighted by Crippen LogP contribution is 2.30. The van der Waals surface area contributed by atoms with E-state index in [4.69, 9.17) is 9.47 Å². The number of carbonyl (C=O) groups excluding carboxylic acids is 3. The first-order chi connectivity index (χ1) is 28.4. The van der Waals surface area contributed by atoms with Crippen molar-refractivity contribution >= 4 is 35.5 Å². The molecule has 0 heterocycles. The molecule has 12 heteroatoms. The molecular weight excluding hydrogens is 753 g/mol. The molecule has 0 fully saturated rings. The van der Waals surface area contributed by atoms with Crippen molar-refractivity contribution in [3.63, 3.8) is 0 Å². The minimum Gasteiger partial charge on any atom is -0.478 e. The van der Waals surface area contributed by atoms with Gasteiger partial charge in [0.05, 0.1) is 33.9 Å². The second kappa shape index (κ2) is 18.7. The van der Waals surface area contributed by atoms with Crippen LogP contribution in [0, 0.1) is 13.8 Å². The molecule has 0 aliphatic carbocycles. The largest absolute Gasteiger partial charge is 0.478 e. The number of ether oxygens (including phenoxy) is 2. The Labute approximate surface area is 339 Å². The first-order valence-electron chi connectivity index (χ1n) is 18.5. The number of rotatable bonds is 15. The van der Waals surface area contributed by atoms with E-state index in [9.17, 15) is 39.4 Å². The molecule has 0 spiro atoms. The van der Waals surface area contributed by atoms with Crippen LogP contribution in [0.4, 0.5) is 5.69 Å². The number of aromatic carboxylic acids is 2. The van der Waals surface area contributed by atoms with Gasteiger partial charge in [0.15, 0.2) is 0 Å². The molecule has 0 aromatic heterocycles. The van der Waals surface area contributed by atoms with E-state index in [0.29, 0.717) is 23.2 Å². The molecule has 0 saturated heterocycles. The van der Waals surface area contributed by atoms with E-state index in [1.54, 1.807) is 31.2 Å². The van der Waals surface area contributed by atoms with Gasteiger partial charge in [-0.1, -0.05) is 91.0 Å². The maximum atomic E-state index is 13.5. The summed E-state index contributed by atoms with van der Waals surface area (Å²) in [6.45, 7) is 3.67. The van der Waals surface area contributed by atoms with Gasteiger partial charge in [0.25, 0.3) is 5.91 Å². The van der Waals surface area contributed by atoms with E-state index in [1.807, 2.05) is 79.7 Å². The number of carboxylic acid groups (broad SMARTS) is 2. The third-order valence-electron chi connectivity index (χ3n) is 9.71. The summed E-state index contributed by atoms with van der Waals surface area (Å²) in [5, 5.41) is 32.9. The summed E-state index contributed by atoms with van der Waals surface area (Å²) >= 11 is 0. The van der Waals surface area contributed by atoms with Gasteiger partial charge in [0, 0.05) is 5.69 Å². The molecule has 298 valence electrons. The lowest BCUT2D eigenvalue weighted by Gasteiger charge is -2.21. The number of carbonyl (C=O) groups is 5. The monoisotopic (exact) mass is 792 g/mol. The fraction of sp³-hybridized carbons (Fsp3) is 0.128. The quantitative estimate of drug-likeness (QED) is 0.0497. The molecule has 0 aliphatic heterocycles. The van der Waals surface area contributed by atoms with Gasteiger partial charge in [-0.2, -0.15) is 5.48 Å². The lowest BCUT2D eigenvalue weighted by atomic mass is 9.89. The Morgan fingerprint density at radius 2 is 1.07 bits per heavy atom. The maximum absolute atomic E-state index is 13.5. The number of aryl methyl sites for hydroxylation is 2. The Bertz CT molecular complexity index is 2540. The van der Waals surface area contributed by atoms with Crippen molar-refractivity contribution in [2.24, 2.45) is 0 Å². The maximum Gasteiger partial charge on any atom is 0.338 e. The van der Waals surface area contributed by atoms with E-state index >= 15 is 0 Å². The summed E-state index contributed by atoms with van der Waals surface area (Å²) in [6, 6.07) is 35.9. The van der Waals surface area contributed by atoms with Gasteiger partial charge in [0.1, 0.15) is 13.2 Å². The van der Waals surface area contributed by atoms with Crippen molar-refractivity contribution in [3.8, 4) is 0 Å². The molecule has 5 N–H and O–H groups in total. The first-order valence-corrected chi connectivity index (χ1v) is 18.5. The Kier molecular flexibility index (Phi) is 13.1. The number of nitrogens with one attached hydrogen (secondary N) is 2. The predicted octanol–water partition coefficient (Wildman–Crippen LogP) is 8.33. The van der Waals surface area contributed by atoms with E-state index in [2.05, 4.69) is 10.8 Å². The molecule has 6 rings (SSSR count). The Hall–Kier alpha value is -7.41. The average Bonchev–Trinajstić information content (AvgIpc) is 3.24. The van der Waals surface area contributed by atoms with Crippen LogP contribution in [-0.2, 0) is 29.1 Å². The van der Waals surface area contributed by atoms with E-state index in [1.165, 1.54) is 36.4 Å². The van der Waals surface area contributed by atoms with E-state index in [0.717, 1.165) is 27.8 Å². The zero-order valence-electron chi connectivity index (χ0n) is 32.1. The SMILES string of the molecule is Cc1cc(Cc2ccc(C(NO)c3cc(C(=O)OCc4ccccc4)ccc3C(=O)O)c(C)c2)ccc1NC(=O)c1cc(C(=O)OCc2ccccc2)ccc1C(=O)O. The number of amides is 1. The van der Waals surface area contributed by atoms with Crippen molar-refractivity contribution in [2.45, 2.75) is 39.5 Å². The van der Waals surface area contributed by atoms with Crippen LogP contribution in [0.3, 0.4) is 0 Å². The number of hydrogen-bond donors (Lipinski definition) is 5. The van der Waals surface area contributed by atoms with Crippen molar-refractivity contribution in [2.75, 3.05) is 5.32 Å². The summed E-state index contributed by atoms with van der Waals surface area (Å²) < 4.78 is 10.8. The summed E-state index contributed by atoms with van der Waals surface area (Å²) in [4.78, 5) is 63.5. The molecular formula is C47H40N2O10. The third kappa shape index (κ3) is 10.1. The molecule has 59 heavy (non-hydrogen) atoms. The second-order valence-corrected chi connectivity index (χ2v) is 13.8. The smallest absolute Gasteiger partial charge is 0.338 e. The molecule has 1 atom stereocenters. The van der Waals surface area contributed by atoms with Gasteiger partial charge in [-0.15, -0.1) is 0 Å². The van der Waals surface area contributed by atoms with Gasteiger partial charge in [0.2, 0.25) is 0 Å². The van der Waals surface area contributed by atoms with Gasteiger partial charge >= 0.3 is 23.9 Å². The van der Waals surface area contributed by atoms with Gasteiger partial charge < -0.3 is 30.2 Å². The van der Waals surface area contributed by atoms with Gasteiger partial charge in [-0.25, -0.2) is 19.2 Å². The molecule has 12 nitrogen and oxygen atoms in total. The first kappa shape index (κ1) is 41.2. The molecule has 0 saturated carbocycles. The van der Waals surface area contributed by atoms with Crippen LogP contribution in [-0.4, -0.2) is 45.2 Å². The van der Waals surface area contributed by atoms with Gasteiger partial charge in [-0.05, 0) is 107 Å². The summed E-state index contributed by atoms with van der Waals surface area (Å²) in [5.41, 5.74) is 7.80.